The van der Waals surface area contributed by atoms with E-state index in [0.29, 0.717) is 11.1 Å². The molecule has 102 valence electrons. The predicted molar refractivity (Wildman–Crippen MR) is 70.8 cm³/mol. The van der Waals surface area contributed by atoms with Crippen molar-refractivity contribution in [2.45, 2.75) is 19.3 Å². The van der Waals surface area contributed by atoms with Gasteiger partial charge in [-0.05, 0) is 18.1 Å². The second kappa shape index (κ2) is 6.83. The number of carbonyl (C=O) groups is 1. The molecule has 0 spiro atoms. The summed E-state index contributed by atoms with van der Waals surface area (Å²) < 4.78 is 31.8. The van der Waals surface area contributed by atoms with E-state index in [9.17, 15) is 13.6 Å². The summed E-state index contributed by atoms with van der Waals surface area (Å²) in [6, 6.07) is 8.69. The second-order valence-electron chi connectivity index (χ2n) is 3.90. The van der Waals surface area contributed by atoms with Crippen LogP contribution in [0.3, 0.4) is 0 Å². The summed E-state index contributed by atoms with van der Waals surface area (Å²) >= 11 is 0. The van der Waals surface area contributed by atoms with E-state index < -0.39 is 18.3 Å². The Bertz CT molecular complexity index is 464. The molecule has 19 heavy (non-hydrogen) atoms. The van der Waals surface area contributed by atoms with Crippen LogP contribution in [-0.4, -0.2) is 18.5 Å². The number of alkyl halides is 2. The van der Waals surface area contributed by atoms with Crippen molar-refractivity contribution in [3.8, 4) is 0 Å². The third-order valence-corrected chi connectivity index (χ3v) is 2.45. The van der Waals surface area contributed by atoms with Gasteiger partial charge in [0.15, 0.2) is 0 Å². The van der Waals surface area contributed by atoms with Crippen molar-refractivity contribution in [1.29, 1.82) is 0 Å². The third-order valence-electron chi connectivity index (χ3n) is 2.45. The van der Waals surface area contributed by atoms with E-state index in [4.69, 9.17) is 0 Å². The zero-order chi connectivity index (χ0) is 14.3. The lowest BCUT2D eigenvalue weighted by molar-refractivity contribution is -0.170. The van der Waals surface area contributed by atoms with Gasteiger partial charge in [0.25, 0.3) is 0 Å². The van der Waals surface area contributed by atoms with Crippen LogP contribution in [0.2, 0.25) is 0 Å². The number of ether oxygens (including phenoxy) is 1. The summed E-state index contributed by atoms with van der Waals surface area (Å²) in [5.74, 6) is -5.04. The van der Waals surface area contributed by atoms with Crippen molar-refractivity contribution in [2.75, 3.05) is 6.61 Å². The summed E-state index contributed by atoms with van der Waals surface area (Å²) in [5, 5.41) is 0. The SMILES string of the molecule is C=C/C=C(\CC(F)(F)C(=O)OCC)c1ccccc1. The molecule has 0 aliphatic heterocycles. The average Bonchev–Trinajstić information content (AvgIpc) is 2.39. The Morgan fingerprint density at radius 1 is 1.37 bits per heavy atom. The van der Waals surface area contributed by atoms with Gasteiger partial charge in [0.2, 0.25) is 0 Å². The van der Waals surface area contributed by atoms with Gasteiger partial charge in [0.1, 0.15) is 0 Å². The molecule has 0 aliphatic rings. The van der Waals surface area contributed by atoms with Crippen molar-refractivity contribution in [1.82, 2.24) is 0 Å². The minimum Gasteiger partial charge on any atom is -0.462 e. The fraction of sp³-hybridized carbons (Fsp3) is 0.267. The molecular weight excluding hydrogens is 250 g/mol. The van der Waals surface area contributed by atoms with Crippen LogP contribution in [-0.2, 0) is 9.53 Å². The molecule has 0 amide bonds. The molecule has 0 saturated carbocycles. The highest BCUT2D eigenvalue weighted by atomic mass is 19.3. The number of esters is 1. The van der Waals surface area contributed by atoms with Crippen molar-refractivity contribution < 1.29 is 18.3 Å². The lowest BCUT2D eigenvalue weighted by Gasteiger charge is -2.16. The lowest BCUT2D eigenvalue weighted by Crippen LogP contribution is -2.31. The first-order valence-corrected chi connectivity index (χ1v) is 5.93. The van der Waals surface area contributed by atoms with Crippen LogP contribution in [0.15, 0.2) is 49.1 Å². The van der Waals surface area contributed by atoms with Gasteiger partial charge < -0.3 is 4.74 Å². The first-order valence-electron chi connectivity index (χ1n) is 5.93. The van der Waals surface area contributed by atoms with Gasteiger partial charge in [-0.2, -0.15) is 8.78 Å². The number of allylic oxidation sites excluding steroid dienone is 3. The van der Waals surface area contributed by atoms with Crippen molar-refractivity contribution in [2.24, 2.45) is 0 Å². The summed E-state index contributed by atoms with van der Waals surface area (Å²) in [5.41, 5.74) is 0.972. The van der Waals surface area contributed by atoms with Crippen LogP contribution >= 0.6 is 0 Å². The maximum Gasteiger partial charge on any atom is 0.377 e. The van der Waals surface area contributed by atoms with Gasteiger partial charge in [0.05, 0.1) is 6.61 Å². The Balaban J connectivity index is 2.95. The first kappa shape index (κ1) is 15.1. The van der Waals surface area contributed by atoms with Crippen LogP contribution in [0.1, 0.15) is 18.9 Å². The minimum absolute atomic E-state index is 0.0692. The molecule has 0 fully saturated rings. The number of hydrogen-bond acceptors (Lipinski definition) is 2. The molecule has 0 bridgehead atoms. The highest BCUT2D eigenvalue weighted by molar-refractivity contribution is 5.81. The molecule has 0 radical (unpaired) electrons. The first-order chi connectivity index (χ1) is 9.01. The Morgan fingerprint density at radius 2 is 2.00 bits per heavy atom. The molecule has 4 heteroatoms. The third kappa shape index (κ3) is 4.32. The van der Waals surface area contributed by atoms with Gasteiger partial charge in [-0.25, -0.2) is 4.79 Å². The van der Waals surface area contributed by atoms with Gasteiger partial charge in [-0.3, -0.25) is 0 Å². The topological polar surface area (TPSA) is 26.3 Å². The number of halogens is 2. The minimum atomic E-state index is -3.54. The van der Waals surface area contributed by atoms with E-state index in [1.807, 2.05) is 0 Å². The molecule has 0 saturated heterocycles. The van der Waals surface area contributed by atoms with Gasteiger partial charge in [-0.1, -0.05) is 49.1 Å². The van der Waals surface area contributed by atoms with E-state index in [1.54, 1.807) is 30.3 Å². The molecule has 0 atom stereocenters. The fourth-order valence-electron chi connectivity index (χ4n) is 1.60. The van der Waals surface area contributed by atoms with Crippen LogP contribution in [0.4, 0.5) is 8.78 Å². The summed E-state index contributed by atoms with van der Waals surface area (Å²) in [7, 11) is 0. The van der Waals surface area contributed by atoms with Gasteiger partial charge in [-0.15, -0.1) is 0 Å². The molecule has 1 aromatic carbocycles. The fourth-order valence-corrected chi connectivity index (χ4v) is 1.60. The average molecular weight is 266 g/mol. The molecule has 0 N–H and O–H groups in total. The van der Waals surface area contributed by atoms with Crippen LogP contribution in [0.25, 0.3) is 5.57 Å². The summed E-state index contributed by atoms with van der Waals surface area (Å²) in [6.45, 7) is 4.92. The van der Waals surface area contributed by atoms with Crippen LogP contribution < -0.4 is 0 Å². The molecule has 1 aromatic rings. The van der Waals surface area contributed by atoms with E-state index in [2.05, 4.69) is 11.3 Å². The van der Waals surface area contributed by atoms with Crippen LogP contribution in [0.5, 0.6) is 0 Å². The molecule has 0 heterocycles. The van der Waals surface area contributed by atoms with E-state index in [-0.39, 0.29) is 6.61 Å². The van der Waals surface area contributed by atoms with E-state index in [0.717, 1.165) is 0 Å². The maximum absolute atomic E-state index is 13.7. The Hall–Kier alpha value is -1.97. The highest BCUT2D eigenvalue weighted by Gasteiger charge is 2.41. The largest absolute Gasteiger partial charge is 0.462 e. The monoisotopic (exact) mass is 266 g/mol. The van der Waals surface area contributed by atoms with Crippen LogP contribution in [0, 0.1) is 0 Å². The smallest absolute Gasteiger partial charge is 0.377 e. The zero-order valence-electron chi connectivity index (χ0n) is 10.7. The Labute approximate surface area is 111 Å². The highest BCUT2D eigenvalue weighted by Crippen LogP contribution is 2.30. The lowest BCUT2D eigenvalue weighted by atomic mass is 9.99. The van der Waals surface area contributed by atoms with Gasteiger partial charge >= 0.3 is 11.9 Å². The van der Waals surface area contributed by atoms with Crippen molar-refractivity contribution >= 4 is 11.5 Å². The molecule has 0 unspecified atom stereocenters. The molecule has 0 aliphatic carbocycles. The second-order valence-corrected chi connectivity index (χ2v) is 3.90. The van der Waals surface area contributed by atoms with Crippen molar-refractivity contribution in [3.63, 3.8) is 0 Å². The summed E-state index contributed by atoms with van der Waals surface area (Å²) in [6.07, 6.45) is 2.19. The Kier molecular flexibility index (Phi) is 5.42. The van der Waals surface area contributed by atoms with Crippen molar-refractivity contribution in [3.05, 3.63) is 54.6 Å². The number of hydrogen-bond donors (Lipinski definition) is 0. The molecule has 1 rings (SSSR count). The summed E-state index contributed by atoms with van der Waals surface area (Å²) in [4.78, 5) is 11.2. The van der Waals surface area contributed by atoms with Gasteiger partial charge in [0, 0.05) is 6.42 Å². The molecule has 0 aromatic heterocycles. The number of benzene rings is 1. The molecule has 2 nitrogen and oxygen atoms in total. The van der Waals surface area contributed by atoms with E-state index in [1.165, 1.54) is 19.1 Å². The zero-order valence-corrected chi connectivity index (χ0v) is 10.7. The number of carbonyl (C=O) groups excluding carboxylic acids is 1. The predicted octanol–water partition coefficient (Wildman–Crippen LogP) is 3.84. The van der Waals surface area contributed by atoms with E-state index >= 15 is 0 Å². The standard InChI is InChI=1S/C15H16F2O2/c1-3-8-13(12-9-6-5-7-10-12)11-15(16,17)14(18)19-4-2/h3,5-10H,1,4,11H2,2H3/b13-8+. The normalized spacial score (nSPS) is 12.1. The Morgan fingerprint density at radius 3 is 2.53 bits per heavy atom. The molecular formula is C15H16F2O2. The number of rotatable bonds is 6. The maximum atomic E-state index is 13.7. The quantitative estimate of drug-likeness (QED) is 0.577.